The van der Waals surface area contributed by atoms with Crippen LogP contribution in [0.2, 0.25) is 0 Å². The van der Waals surface area contributed by atoms with E-state index in [1.807, 2.05) is 28.9 Å². The molecule has 0 N–H and O–H groups in total. The lowest BCUT2D eigenvalue weighted by atomic mass is 10.1. The average Bonchev–Trinajstić information content (AvgIpc) is 3.42. The van der Waals surface area contributed by atoms with Crippen LogP contribution in [0.5, 0.6) is 0 Å². The fourth-order valence-corrected chi connectivity index (χ4v) is 3.67. The molecule has 1 fully saturated rings. The number of fused-ring (bicyclic) bond motifs is 1. The second kappa shape index (κ2) is 7.97. The van der Waals surface area contributed by atoms with Gasteiger partial charge >= 0.3 is 0 Å². The second-order valence-electron chi connectivity index (χ2n) is 7.69. The van der Waals surface area contributed by atoms with E-state index in [-0.39, 0.29) is 0 Å². The van der Waals surface area contributed by atoms with Crippen molar-refractivity contribution in [1.82, 2.24) is 30.0 Å². The molecule has 1 aliphatic rings. The predicted octanol–water partition coefficient (Wildman–Crippen LogP) is 3.10. The first kappa shape index (κ1) is 18.9. The van der Waals surface area contributed by atoms with Gasteiger partial charge < -0.3 is 9.26 Å². The number of benzene rings is 2. The van der Waals surface area contributed by atoms with Crippen LogP contribution in [0.25, 0.3) is 33.9 Å². The van der Waals surface area contributed by atoms with Gasteiger partial charge in [-0.25, -0.2) is 4.68 Å². The third-order valence-corrected chi connectivity index (χ3v) is 5.68. The van der Waals surface area contributed by atoms with E-state index in [9.17, 15) is 0 Å². The molecule has 154 valence electrons. The van der Waals surface area contributed by atoms with Crippen molar-refractivity contribution in [3.63, 3.8) is 0 Å². The van der Waals surface area contributed by atoms with Crippen LogP contribution in [-0.2, 0) is 11.3 Å². The maximum Gasteiger partial charge on any atom is 0.258 e. The number of hydrogen-bond acceptors (Lipinski definition) is 7. The first-order valence-electron chi connectivity index (χ1n) is 10.2. The first-order valence-corrected chi connectivity index (χ1v) is 10.2. The van der Waals surface area contributed by atoms with E-state index in [1.165, 1.54) is 11.1 Å². The molecule has 30 heavy (non-hydrogen) atoms. The zero-order chi connectivity index (χ0) is 20.5. The molecule has 0 radical (unpaired) electrons. The van der Waals surface area contributed by atoms with E-state index in [1.54, 1.807) is 0 Å². The smallest absolute Gasteiger partial charge is 0.258 e. The summed E-state index contributed by atoms with van der Waals surface area (Å²) in [6.07, 6.45) is 0. The van der Waals surface area contributed by atoms with Crippen molar-refractivity contribution in [2.45, 2.75) is 20.4 Å². The molecule has 0 spiro atoms. The molecule has 2 aromatic carbocycles. The maximum absolute atomic E-state index is 5.50. The SMILES string of the molecule is Cc1ccc(-c2nc(-c3ccc4c(c3)nnn4CCN3CCOCC3)no2)cc1C. The van der Waals surface area contributed by atoms with Crippen molar-refractivity contribution in [2.24, 2.45) is 0 Å². The van der Waals surface area contributed by atoms with Gasteiger partial charge in [0.25, 0.3) is 5.89 Å². The van der Waals surface area contributed by atoms with E-state index < -0.39 is 0 Å². The van der Waals surface area contributed by atoms with Crippen molar-refractivity contribution in [1.29, 1.82) is 0 Å². The van der Waals surface area contributed by atoms with Crippen molar-refractivity contribution >= 4 is 11.0 Å². The fourth-order valence-electron chi connectivity index (χ4n) is 3.67. The molecule has 0 aliphatic carbocycles. The van der Waals surface area contributed by atoms with Gasteiger partial charge in [0.15, 0.2) is 0 Å². The van der Waals surface area contributed by atoms with Crippen LogP contribution in [0.1, 0.15) is 11.1 Å². The quantitative estimate of drug-likeness (QED) is 0.505. The van der Waals surface area contributed by atoms with Crippen LogP contribution in [0, 0.1) is 13.8 Å². The number of aryl methyl sites for hydroxylation is 2. The van der Waals surface area contributed by atoms with E-state index >= 15 is 0 Å². The molecule has 3 heterocycles. The summed E-state index contributed by atoms with van der Waals surface area (Å²) >= 11 is 0. The number of rotatable bonds is 5. The molecule has 2 aromatic heterocycles. The summed E-state index contributed by atoms with van der Waals surface area (Å²) in [5.74, 6) is 1.07. The van der Waals surface area contributed by atoms with E-state index in [4.69, 9.17) is 9.26 Å². The highest BCUT2D eigenvalue weighted by Gasteiger charge is 2.15. The summed E-state index contributed by atoms with van der Waals surface area (Å²) in [5, 5.41) is 12.8. The first-order chi connectivity index (χ1) is 14.7. The van der Waals surface area contributed by atoms with Crippen LogP contribution in [0.15, 0.2) is 40.9 Å². The summed E-state index contributed by atoms with van der Waals surface area (Å²) in [5.41, 5.74) is 6.05. The molecule has 8 heteroatoms. The van der Waals surface area contributed by atoms with Gasteiger partial charge in [0.05, 0.1) is 25.3 Å². The molecule has 1 saturated heterocycles. The molecule has 8 nitrogen and oxygen atoms in total. The summed E-state index contributed by atoms with van der Waals surface area (Å²) < 4.78 is 12.9. The van der Waals surface area contributed by atoms with Crippen molar-refractivity contribution in [2.75, 3.05) is 32.8 Å². The zero-order valence-electron chi connectivity index (χ0n) is 17.2. The summed E-state index contributed by atoms with van der Waals surface area (Å²) in [6, 6.07) is 12.1. The Bertz CT molecular complexity index is 1180. The van der Waals surface area contributed by atoms with Crippen molar-refractivity contribution < 1.29 is 9.26 Å². The molecule has 0 amide bonds. The van der Waals surface area contributed by atoms with E-state index in [0.29, 0.717) is 11.7 Å². The van der Waals surface area contributed by atoms with Gasteiger partial charge in [0, 0.05) is 30.8 Å². The predicted molar refractivity (Wildman–Crippen MR) is 113 cm³/mol. The van der Waals surface area contributed by atoms with Crippen LogP contribution in [0.3, 0.4) is 0 Å². The van der Waals surface area contributed by atoms with Gasteiger partial charge in [-0.2, -0.15) is 4.98 Å². The third kappa shape index (κ3) is 3.71. The van der Waals surface area contributed by atoms with Gasteiger partial charge in [0.2, 0.25) is 5.82 Å². The number of nitrogens with zero attached hydrogens (tertiary/aromatic N) is 6. The van der Waals surface area contributed by atoms with Crippen LogP contribution in [-0.4, -0.2) is 62.9 Å². The third-order valence-electron chi connectivity index (χ3n) is 5.68. The maximum atomic E-state index is 5.50. The lowest BCUT2D eigenvalue weighted by molar-refractivity contribution is 0.0360. The lowest BCUT2D eigenvalue weighted by Gasteiger charge is -2.26. The standard InChI is InChI=1S/C22H24N6O2/c1-15-3-4-18(13-16(15)2)22-23-21(25-30-22)17-5-6-20-19(14-17)24-26-28(20)8-7-27-9-11-29-12-10-27/h3-6,13-14H,7-12H2,1-2H3. The van der Waals surface area contributed by atoms with Crippen LogP contribution in [0.4, 0.5) is 0 Å². The van der Waals surface area contributed by atoms with Crippen molar-refractivity contribution in [3.8, 4) is 22.8 Å². The topological polar surface area (TPSA) is 82.1 Å². The lowest BCUT2D eigenvalue weighted by Crippen LogP contribution is -2.38. The summed E-state index contributed by atoms with van der Waals surface area (Å²) in [6.45, 7) is 9.44. The molecular weight excluding hydrogens is 380 g/mol. The van der Waals surface area contributed by atoms with Crippen LogP contribution >= 0.6 is 0 Å². The molecule has 5 rings (SSSR count). The van der Waals surface area contributed by atoms with E-state index in [0.717, 1.165) is 61.6 Å². The number of aromatic nitrogens is 5. The second-order valence-corrected chi connectivity index (χ2v) is 7.69. The number of morpholine rings is 1. The van der Waals surface area contributed by atoms with Gasteiger partial charge in [-0.05, 0) is 55.3 Å². The highest BCUT2D eigenvalue weighted by Crippen LogP contribution is 2.25. The molecule has 1 aliphatic heterocycles. The van der Waals surface area contributed by atoms with Gasteiger partial charge in [-0.3, -0.25) is 4.90 Å². The molecule has 0 bridgehead atoms. The van der Waals surface area contributed by atoms with Crippen molar-refractivity contribution in [3.05, 3.63) is 47.5 Å². The number of ether oxygens (including phenoxy) is 1. The Morgan fingerprint density at radius 3 is 2.60 bits per heavy atom. The Kier molecular flexibility index (Phi) is 5.02. The van der Waals surface area contributed by atoms with Crippen LogP contribution < -0.4 is 0 Å². The highest BCUT2D eigenvalue weighted by atomic mass is 16.5. The normalized spacial score (nSPS) is 15.1. The van der Waals surface area contributed by atoms with Gasteiger partial charge in [-0.1, -0.05) is 16.4 Å². The molecule has 4 aromatic rings. The molecular formula is C22H24N6O2. The highest BCUT2D eigenvalue weighted by molar-refractivity contribution is 5.80. The monoisotopic (exact) mass is 404 g/mol. The minimum absolute atomic E-state index is 0.516. The average molecular weight is 404 g/mol. The Balaban J connectivity index is 1.35. The minimum atomic E-state index is 0.516. The van der Waals surface area contributed by atoms with Gasteiger partial charge in [-0.15, -0.1) is 5.10 Å². The fraction of sp³-hybridized carbons (Fsp3) is 0.364. The Hall–Kier alpha value is -3.10. The summed E-state index contributed by atoms with van der Waals surface area (Å²) in [7, 11) is 0. The Morgan fingerprint density at radius 2 is 1.77 bits per heavy atom. The molecule has 0 saturated carbocycles. The molecule has 0 atom stereocenters. The number of hydrogen-bond donors (Lipinski definition) is 0. The Morgan fingerprint density at radius 1 is 0.933 bits per heavy atom. The molecule has 0 unspecified atom stereocenters. The Labute approximate surface area is 174 Å². The van der Waals surface area contributed by atoms with E-state index in [2.05, 4.69) is 51.3 Å². The largest absolute Gasteiger partial charge is 0.379 e. The van der Waals surface area contributed by atoms with Gasteiger partial charge in [0.1, 0.15) is 5.52 Å². The minimum Gasteiger partial charge on any atom is -0.379 e. The zero-order valence-corrected chi connectivity index (χ0v) is 17.2. The summed E-state index contributed by atoms with van der Waals surface area (Å²) in [4.78, 5) is 6.97.